The first kappa shape index (κ1) is 20.9. The number of para-hydroxylation sites is 1. The first-order valence-corrected chi connectivity index (χ1v) is 11.4. The second-order valence-corrected chi connectivity index (χ2v) is 8.64. The topological polar surface area (TPSA) is 61.4 Å². The fourth-order valence-electron chi connectivity index (χ4n) is 3.26. The Labute approximate surface area is 172 Å². The van der Waals surface area contributed by atoms with Crippen molar-refractivity contribution in [2.45, 2.75) is 33.4 Å². The fourth-order valence-corrected chi connectivity index (χ4v) is 3.69. The monoisotopic (exact) mass is 401 g/mol. The molecule has 2 heterocycles. The summed E-state index contributed by atoms with van der Waals surface area (Å²) in [6, 6.07) is 8.50. The SMILES string of the molecule is CSCC(=O)N1CCN(Cc2nc(N[C@H](C)C(C)C)c3ccccc3n2)CC1. The van der Waals surface area contributed by atoms with Gasteiger partial charge in [-0.25, -0.2) is 9.97 Å². The van der Waals surface area contributed by atoms with Crippen LogP contribution in [0.2, 0.25) is 0 Å². The van der Waals surface area contributed by atoms with Gasteiger partial charge >= 0.3 is 0 Å². The quantitative estimate of drug-likeness (QED) is 0.769. The minimum absolute atomic E-state index is 0.239. The molecule has 6 nitrogen and oxygen atoms in total. The molecular weight excluding hydrogens is 370 g/mol. The van der Waals surface area contributed by atoms with Gasteiger partial charge in [0, 0.05) is 37.6 Å². The van der Waals surface area contributed by atoms with Crippen LogP contribution in [0.4, 0.5) is 5.82 Å². The second-order valence-electron chi connectivity index (χ2n) is 7.77. The number of piperazine rings is 1. The molecule has 0 saturated carbocycles. The summed E-state index contributed by atoms with van der Waals surface area (Å²) >= 11 is 1.58. The Morgan fingerprint density at radius 3 is 2.54 bits per heavy atom. The van der Waals surface area contributed by atoms with Gasteiger partial charge in [0.05, 0.1) is 17.8 Å². The van der Waals surface area contributed by atoms with Gasteiger partial charge in [-0.2, -0.15) is 11.8 Å². The largest absolute Gasteiger partial charge is 0.367 e. The van der Waals surface area contributed by atoms with Crippen molar-refractivity contribution in [1.29, 1.82) is 0 Å². The van der Waals surface area contributed by atoms with Crippen molar-refractivity contribution in [1.82, 2.24) is 19.8 Å². The predicted octanol–water partition coefficient (Wildman–Crippen LogP) is 3.09. The van der Waals surface area contributed by atoms with Gasteiger partial charge in [0.15, 0.2) is 0 Å². The number of benzene rings is 1. The normalized spacial score (nSPS) is 16.5. The summed E-state index contributed by atoms with van der Waals surface area (Å²) in [7, 11) is 0. The third kappa shape index (κ3) is 5.14. The summed E-state index contributed by atoms with van der Waals surface area (Å²) < 4.78 is 0. The maximum absolute atomic E-state index is 12.1. The van der Waals surface area contributed by atoms with Gasteiger partial charge in [0.25, 0.3) is 0 Å². The van der Waals surface area contributed by atoms with Crippen LogP contribution in [-0.4, -0.2) is 69.9 Å². The zero-order chi connectivity index (χ0) is 20.1. The van der Waals surface area contributed by atoms with Crippen molar-refractivity contribution >= 4 is 34.4 Å². The summed E-state index contributed by atoms with van der Waals surface area (Å²) in [5, 5.41) is 4.63. The van der Waals surface area contributed by atoms with Crippen LogP contribution in [0, 0.1) is 5.92 Å². The first-order valence-electron chi connectivity index (χ1n) is 9.99. The van der Waals surface area contributed by atoms with Gasteiger partial charge in [0.2, 0.25) is 5.91 Å². The molecule has 1 aliphatic heterocycles. The van der Waals surface area contributed by atoms with E-state index in [1.807, 2.05) is 29.4 Å². The highest BCUT2D eigenvalue weighted by Gasteiger charge is 2.22. The lowest BCUT2D eigenvalue weighted by Crippen LogP contribution is -2.49. The van der Waals surface area contributed by atoms with Crippen LogP contribution < -0.4 is 5.32 Å². The number of fused-ring (bicyclic) bond motifs is 1. The first-order chi connectivity index (χ1) is 13.5. The molecule has 1 aromatic heterocycles. The third-order valence-electron chi connectivity index (χ3n) is 5.37. The molecule has 1 amide bonds. The van der Waals surface area contributed by atoms with E-state index in [0.717, 1.165) is 48.7 Å². The molecule has 1 N–H and O–H groups in total. The van der Waals surface area contributed by atoms with Crippen molar-refractivity contribution < 1.29 is 4.79 Å². The lowest BCUT2D eigenvalue weighted by Gasteiger charge is -2.34. The van der Waals surface area contributed by atoms with Gasteiger partial charge in [-0.05, 0) is 31.2 Å². The molecule has 1 saturated heterocycles. The Balaban J connectivity index is 1.72. The molecular formula is C21H31N5OS. The molecule has 1 fully saturated rings. The highest BCUT2D eigenvalue weighted by Crippen LogP contribution is 2.22. The third-order valence-corrected chi connectivity index (χ3v) is 5.91. The number of nitrogens with zero attached hydrogens (tertiary/aromatic N) is 4. The Bertz CT molecular complexity index is 804. The van der Waals surface area contributed by atoms with Gasteiger partial charge in [-0.3, -0.25) is 9.69 Å². The second kappa shape index (κ2) is 9.56. The van der Waals surface area contributed by atoms with E-state index in [1.54, 1.807) is 11.8 Å². The van der Waals surface area contributed by atoms with Crippen LogP contribution >= 0.6 is 11.8 Å². The van der Waals surface area contributed by atoms with E-state index in [9.17, 15) is 4.79 Å². The summed E-state index contributed by atoms with van der Waals surface area (Å²) in [5.41, 5.74) is 0.972. The van der Waals surface area contributed by atoms with Crippen LogP contribution in [0.1, 0.15) is 26.6 Å². The molecule has 1 aliphatic rings. The standard InChI is InChI=1S/C21H31N5OS/c1-15(2)16(3)22-21-17-7-5-6-8-18(17)23-19(24-21)13-25-9-11-26(12-10-25)20(27)14-28-4/h5-8,15-16H,9-14H2,1-4H3,(H,22,23,24)/t16-/m1/s1. The van der Waals surface area contributed by atoms with Crippen LogP contribution in [0.3, 0.4) is 0 Å². The number of thioether (sulfide) groups is 1. The molecule has 0 bridgehead atoms. The molecule has 7 heteroatoms. The summed E-state index contributed by atoms with van der Waals surface area (Å²) in [6.45, 7) is 10.6. The van der Waals surface area contributed by atoms with Crippen molar-refractivity contribution in [2.75, 3.05) is 43.5 Å². The molecule has 0 unspecified atom stereocenters. The maximum Gasteiger partial charge on any atom is 0.232 e. The minimum Gasteiger partial charge on any atom is -0.367 e. The van der Waals surface area contributed by atoms with E-state index in [0.29, 0.717) is 24.3 Å². The highest BCUT2D eigenvalue weighted by atomic mass is 32.2. The zero-order valence-electron chi connectivity index (χ0n) is 17.3. The number of hydrogen-bond acceptors (Lipinski definition) is 6. The minimum atomic E-state index is 0.239. The fraction of sp³-hybridized carbons (Fsp3) is 0.571. The number of amides is 1. The Hall–Kier alpha value is -1.86. The molecule has 0 radical (unpaired) electrons. The molecule has 0 spiro atoms. The summed E-state index contributed by atoms with van der Waals surface area (Å²) in [5.74, 6) is 3.07. The van der Waals surface area contributed by atoms with Crippen molar-refractivity contribution in [3.05, 3.63) is 30.1 Å². The number of hydrogen-bond donors (Lipinski definition) is 1. The summed E-state index contributed by atoms with van der Waals surface area (Å²) in [6.07, 6.45) is 1.97. The number of carbonyl (C=O) groups excluding carboxylic acids is 1. The van der Waals surface area contributed by atoms with Gasteiger partial charge in [-0.15, -0.1) is 0 Å². The Kier molecular flexibility index (Phi) is 7.13. The molecule has 3 rings (SSSR count). The number of anilines is 1. The molecule has 1 aromatic carbocycles. The molecule has 28 heavy (non-hydrogen) atoms. The Morgan fingerprint density at radius 1 is 1.14 bits per heavy atom. The highest BCUT2D eigenvalue weighted by molar-refractivity contribution is 7.99. The summed E-state index contributed by atoms with van der Waals surface area (Å²) in [4.78, 5) is 26.0. The predicted molar refractivity (Wildman–Crippen MR) is 118 cm³/mol. The van der Waals surface area contributed by atoms with Gasteiger partial charge in [-0.1, -0.05) is 26.0 Å². The van der Waals surface area contributed by atoms with Crippen molar-refractivity contribution in [2.24, 2.45) is 5.92 Å². The Morgan fingerprint density at radius 2 is 1.86 bits per heavy atom. The number of nitrogens with one attached hydrogen (secondary N) is 1. The van der Waals surface area contributed by atoms with Gasteiger partial charge in [0.1, 0.15) is 11.6 Å². The van der Waals surface area contributed by atoms with E-state index in [1.165, 1.54) is 0 Å². The zero-order valence-corrected chi connectivity index (χ0v) is 18.1. The van der Waals surface area contributed by atoms with E-state index in [2.05, 4.69) is 37.1 Å². The van der Waals surface area contributed by atoms with E-state index >= 15 is 0 Å². The van der Waals surface area contributed by atoms with Crippen molar-refractivity contribution in [3.8, 4) is 0 Å². The number of aromatic nitrogens is 2. The number of carbonyl (C=O) groups is 1. The number of rotatable bonds is 7. The van der Waals surface area contributed by atoms with E-state index in [4.69, 9.17) is 9.97 Å². The molecule has 0 aliphatic carbocycles. The maximum atomic E-state index is 12.1. The van der Waals surface area contributed by atoms with Crippen LogP contribution in [0.5, 0.6) is 0 Å². The molecule has 1 atom stereocenters. The smallest absolute Gasteiger partial charge is 0.232 e. The van der Waals surface area contributed by atoms with E-state index in [-0.39, 0.29) is 5.91 Å². The van der Waals surface area contributed by atoms with E-state index < -0.39 is 0 Å². The average molecular weight is 402 g/mol. The van der Waals surface area contributed by atoms with Crippen LogP contribution in [-0.2, 0) is 11.3 Å². The van der Waals surface area contributed by atoms with Gasteiger partial charge < -0.3 is 10.2 Å². The lowest BCUT2D eigenvalue weighted by molar-refractivity contribution is -0.130. The van der Waals surface area contributed by atoms with Crippen LogP contribution in [0.15, 0.2) is 24.3 Å². The van der Waals surface area contributed by atoms with Crippen molar-refractivity contribution in [3.63, 3.8) is 0 Å². The average Bonchev–Trinajstić information content (AvgIpc) is 2.68. The molecule has 2 aromatic rings. The van der Waals surface area contributed by atoms with Crippen LogP contribution in [0.25, 0.3) is 10.9 Å². The lowest BCUT2D eigenvalue weighted by atomic mass is 10.1. The molecule has 152 valence electrons.